The maximum Gasteiger partial charge on any atom is 0.157 e. The van der Waals surface area contributed by atoms with Gasteiger partial charge in [0, 0.05) is 19.8 Å². The van der Waals surface area contributed by atoms with E-state index in [1.165, 1.54) is 0 Å². The number of hydrogen-bond acceptors (Lipinski definition) is 4. The summed E-state index contributed by atoms with van der Waals surface area (Å²) in [5.41, 5.74) is 7.36. The first-order valence-corrected chi connectivity index (χ1v) is 7.90. The summed E-state index contributed by atoms with van der Waals surface area (Å²) in [4.78, 5) is 0. The molecule has 4 nitrogen and oxygen atoms in total. The Morgan fingerprint density at radius 3 is 2.22 bits per heavy atom. The fraction of sp³-hybridized carbons (Fsp3) is 0.538. The van der Waals surface area contributed by atoms with E-state index < -0.39 is 9.84 Å². The molecule has 5 heteroatoms. The van der Waals surface area contributed by atoms with E-state index in [0.717, 1.165) is 11.1 Å². The summed E-state index contributed by atoms with van der Waals surface area (Å²) in [7, 11) is -3.07. The van der Waals surface area contributed by atoms with Crippen LogP contribution in [0.3, 0.4) is 0 Å². The van der Waals surface area contributed by atoms with Gasteiger partial charge in [0.15, 0.2) is 9.84 Å². The Hall–Kier alpha value is -0.910. The monoisotopic (exact) mass is 269 g/mol. The van der Waals surface area contributed by atoms with Gasteiger partial charge in [0.25, 0.3) is 0 Å². The fourth-order valence-electron chi connectivity index (χ4n) is 2.16. The van der Waals surface area contributed by atoms with Gasteiger partial charge in [-0.2, -0.15) is 0 Å². The number of benzene rings is 1. The Labute approximate surface area is 108 Å². The van der Waals surface area contributed by atoms with Crippen molar-refractivity contribution in [1.82, 2.24) is 0 Å². The van der Waals surface area contributed by atoms with Crippen LogP contribution in [-0.4, -0.2) is 26.9 Å². The van der Waals surface area contributed by atoms with Gasteiger partial charge in [-0.15, -0.1) is 0 Å². The first kappa shape index (κ1) is 13.5. The van der Waals surface area contributed by atoms with E-state index in [0.29, 0.717) is 32.6 Å². The average molecular weight is 269 g/mol. The minimum absolute atomic E-state index is 0.114. The molecule has 1 saturated heterocycles. The van der Waals surface area contributed by atoms with E-state index in [-0.39, 0.29) is 11.0 Å². The van der Waals surface area contributed by atoms with Crippen LogP contribution >= 0.6 is 0 Å². The molecule has 0 radical (unpaired) electrons. The molecule has 100 valence electrons. The first-order valence-electron chi connectivity index (χ1n) is 6.19. The number of hydrogen-bond donors (Lipinski definition) is 1. The zero-order valence-electron chi connectivity index (χ0n) is 10.3. The lowest BCUT2D eigenvalue weighted by atomic mass is 10.1. The van der Waals surface area contributed by atoms with E-state index in [1.54, 1.807) is 0 Å². The standard InChI is InChI=1S/C13H19NO3S/c14-9-11-1-3-12(4-2-11)10-18(15,16)13-5-7-17-8-6-13/h1-4,13H,5-10,14H2. The van der Waals surface area contributed by atoms with Crippen LogP contribution in [-0.2, 0) is 26.9 Å². The molecule has 0 saturated carbocycles. The van der Waals surface area contributed by atoms with Gasteiger partial charge in [-0.3, -0.25) is 0 Å². The summed E-state index contributed by atoms with van der Waals surface area (Å²) in [6, 6.07) is 7.46. The molecule has 0 spiro atoms. The van der Waals surface area contributed by atoms with E-state index in [2.05, 4.69) is 0 Å². The number of nitrogens with two attached hydrogens (primary N) is 1. The van der Waals surface area contributed by atoms with Gasteiger partial charge in [0.1, 0.15) is 0 Å². The molecular formula is C13H19NO3S. The Morgan fingerprint density at radius 1 is 1.11 bits per heavy atom. The van der Waals surface area contributed by atoms with Gasteiger partial charge in [-0.25, -0.2) is 8.42 Å². The van der Waals surface area contributed by atoms with Crippen molar-refractivity contribution in [2.75, 3.05) is 13.2 Å². The molecule has 1 aromatic rings. The highest BCUT2D eigenvalue weighted by Gasteiger charge is 2.27. The second kappa shape index (κ2) is 5.82. The number of rotatable bonds is 4. The maximum absolute atomic E-state index is 12.2. The van der Waals surface area contributed by atoms with Gasteiger partial charge in [0.05, 0.1) is 11.0 Å². The summed E-state index contributed by atoms with van der Waals surface area (Å²) in [5.74, 6) is 0.114. The normalized spacial score (nSPS) is 17.8. The molecule has 0 unspecified atom stereocenters. The summed E-state index contributed by atoms with van der Waals surface area (Å²) in [6.45, 7) is 1.58. The van der Waals surface area contributed by atoms with Gasteiger partial charge < -0.3 is 10.5 Å². The van der Waals surface area contributed by atoms with Gasteiger partial charge in [0.2, 0.25) is 0 Å². The van der Waals surface area contributed by atoms with Crippen LogP contribution in [0.1, 0.15) is 24.0 Å². The van der Waals surface area contributed by atoms with E-state index in [1.807, 2.05) is 24.3 Å². The minimum atomic E-state index is -3.07. The van der Waals surface area contributed by atoms with Crippen LogP contribution in [0.15, 0.2) is 24.3 Å². The largest absolute Gasteiger partial charge is 0.381 e. The van der Waals surface area contributed by atoms with Crippen LogP contribution in [0.2, 0.25) is 0 Å². The zero-order chi connectivity index (χ0) is 13.0. The highest BCUT2D eigenvalue weighted by atomic mass is 32.2. The second-order valence-electron chi connectivity index (χ2n) is 4.64. The van der Waals surface area contributed by atoms with Gasteiger partial charge in [-0.1, -0.05) is 24.3 Å². The molecule has 1 fully saturated rings. The first-order chi connectivity index (χ1) is 8.62. The lowest BCUT2D eigenvalue weighted by Gasteiger charge is -2.22. The number of ether oxygens (including phenoxy) is 1. The van der Waals surface area contributed by atoms with E-state index >= 15 is 0 Å². The molecule has 0 aromatic heterocycles. The fourth-order valence-corrected chi connectivity index (χ4v) is 3.96. The Morgan fingerprint density at radius 2 is 1.67 bits per heavy atom. The molecule has 1 aliphatic heterocycles. The Bertz CT molecular complexity index is 475. The predicted molar refractivity (Wildman–Crippen MR) is 70.8 cm³/mol. The van der Waals surface area contributed by atoms with Gasteiger partial charge >= 0.3 is 0 Å². The quantitative estimate of drug-likeness (QED) is 0.893. The lowest BCUT2D eigenvalue weighted by Crippen LogP contribution is -2.29. The van der Waals surface area contributed by atoms with E-state index in [4.69, 9.17) is 10.5 Å². The molecule has 0 atom stereocenters. The predicted octanol–water partition coefficient (Wildman–Crippen LogP) is 1.24. The van der Waals surface area contributed by atoms with Crippen LogP contribution in [0.25, 0.3) is 0 Å². The molecule has 0 bridgehead atoms. The maximum atomic E-state index is 12.2. The highest BCUT2D eigenvalue weighted by Crippen LogP contribution is 2.20. The Kier molecular flexibility index (Phi) is 4.37. The number of sulfone groups is 1. The van der Waals surface area contributed by atoms with Crippen LogP contribution < -0.4 is 5.73 Å². The summed E-state index contributed by atoms with van der Waals surface area (Å²) in [5, 5.41) is -0.250. The van der Waals surface area contributed by atoms with Crippen molar-refractivity contribution >= 4 is 9.84 Å². The summed E-state index contributed by atoms with van der Waals surface area (Å²) < 4.78 is 29.7. The highest BCUT2D eigenvalue weighted by molar-refractivity contribution is 7.91. The second-order valence-corrected chi connectivity index (χ2v) is 6.92. The summed E-state index contributed by atoms with van der Waals surface area (Å²) >= 11 is 0. The van der Waals surface area contributed by atoms with Crippen molar-refractivity contribution < 1.29 is 13.2 Å². The van der Waals surface area contributed by atoms with Crippen molar-refractivity contribution in [2.45, 2.75) is 30.4 Å². The third-order valence-electron chi connectivity index (χ3n) is 3.30. The smallest absolute Gasteiger partial charge is 0.157 e. The lowest BCUT2D eigenvalue weighted by molar-refractivity contribution is 0.0983. The molecule has 0 aliphatic carbocycles. The summed E-state index contributed by atoms with van der Waals surface area (Å²) in [6.07, 6.45) is 1.23. The van der Waals surface area contributed by atoms with Crippen molar-refractivity contribution in [3.05, 3.63) is 35.4 Å². The zero-order valence-corrected chi connectivity index (χ0v) is 11.2. The van der Waals surface area contributed by atoms with Crippen LogP contribution in [0, 0.1) is 0 Å². The molecule has 18 heavy (non-hydrogen) atoms. The van der Waals surface area contributed by atoms with Crippen LogP contribution in [0.4, 0.5) is 0 Å². The molecule has 1 aliphatic rings. The minimum Gasteiger partial charge on any atom is -0.381 e. The molecule has 2 N–H and O–H groups in total. The SMILES string of the molecule is NCc1ccc(CS(=O)(=O)C2CCOCC2)cc1. The Balaban J connectivity index is 2.06. The third-order valence-corrected chi connectivity index (χ3v) is 5.53. The topological polar surface area (TPSA) is 69.4 Å². The average Bonchev–Trinajstić information content (AvgIpc) is 2.40. The molecule has 0 amide bonds. The molecule has 1 aromatic carbocycles. The molecule has 1 heterocycles. The third kappa shape index (κ3) is 3.31. The van der Waals surface area contributed by atoms with Crippen LogP contribution in [0.5, 0.6) is 0 Å². The molecular weight excluding hydrogens is 250 g/mol. The van der Waals surface area contributed by atoms with Crippen molar-refractivity contribution in [3.63, 3.8) is 0 Å². The van der Waals surface area contributed by atoms with Crippen molar-refractivity contribution in [2.24, 2.45) is 5.73 Å². The van der Waals surface area contributed by atoms with Crippen molar-refractivity contribution in [3.8, 4) is 0 Å². The van der Waals surface area contributed by atoms with Gasteiger partial charge in [-0.05, 0) is 24.0 Å². The van der Waals surface area contributed by atoms with E-state index in [9.17, 15) is 8.42 Å². The molecule has 2 rings (SSSR count). The van der Waals surface area contributed by atoms with Crippen molar-refractivity contribution in [1.29, 1.82) is 0 Å².